The third-order valence-electron chi connectivity index (χ3n) is 5.08. The van der Waals surface area contributed by atoms with Crippen LogP contribution in [0.2, 0.25) is 0 Å². The van der Waals surface area contributed by atoms with E-state index in [1.165, 1.54) is 0 Å². The number of ether oxygens (including phenoxy) is 1. The Labute approximate surface area is 256 Å². The van der Waals surface area contributed by atoms with Gasteiger partial charge in [-0.2, -0.15) is 6.07 Å². The Morgan fingerprint density at radius 2 is 1.15 bits per heavy atom. The Balaban J connectivity index is 0.000000254. The van der Waals surface area contributed by atoms with E-state index in [0.29, 0.717) is 22.9 Å². The van der Waals surface area contributed by atoms with E-state index in [2.05, 4.69) is 44.2 Å². The fourth-order valence-electron chi connectivity index (χ4n) is 3.38. The van der Waals surface area contributed by atoms with Gasteiger partial charge in [-0.1, -0.05) is 30.3 Å². The van der Waals surface area contributed by atoms with Gasteiger partial charge in [0.1, 0.15) is 0 Å². The molecule has 6 rings (SSSR count). The number of pyridine rings is 2. The van der Waals surface area contributed by atoms with Crippen molar-refractivity contribution in [1.82, 2.24) is 19.9 Å². The molecular formula is C32H20IrN4OPt-2. The molecule has 7 heteroatoms. The van der Waals surface area contributed by atoms with Crippen molar-refractivity contribution >= 4 is 0 Å². The summed E-state index contributed by atoms with van der Waals surface area (Å²) in [5.41, 5.74) is 4.37. The molecule has 6 aromatic rings. The van der Waals surface area contributed by atoms with E-state index in [9.17, 15) is 0 Å². The molecule has 3 heterocycles. The minimum absolute atomic E-state index is 0. The van der Waals surface area contributed by atoms with Crippen molar-refractivity contribution in [2.75, 3.05) is 0 Å². The van der Waals surface area contributed by atoms with Crippen molar-refractivity contribution in [3.05, 3.63) is 146 Å². The van der Waals surface area contributed by atoms with Gasteiger partial charge in [-0.05, 0) is 41.2 Å². The number of aromatic nitrogens is 4. The van der Waals surface area contributed by atoms with E-state index in [-0.39, 0.29) is 41.2 Å². The van der Waals surface area contributed by atoms with Crippen LogP contribution < -0.4 is 4.74 Å². The zero-order chi connectivity index (χ0) is 25.1. The van der Waals surface area contributed by atoms with Crippen molar-refractivity contribution < 1.29 is 45.9 Å². The quantitative estimate of drug-likeness (QED) is 0.176. The summed E-state index contributed by atoms with van der Waals surface area (Å²) in [5, 5.41) is 0. The maximum Gasteiger partial charge on any atom is 2.00 e. The molecule has 0 aliphatic rings. The molecule has 0 saturated carbocycles. The van der Waals surface area contributed by atoms with Gasteiger partial charge in [0.15, 0.2) is 0 Å². The van der Waals surface area contributed by atoms with Gasteiger partial charge in [0.25, 0.3) is 0 Å². The number of hydrogen-bond donors (Lipinski definition) is 0. The summed E-state index contributed by atoms with van der Waals surface area (Å²) in [5.74, 6) is 1.69. The predicted octanol–water partition coefficient (Wildman–Crippen LogP) is 6.94. The van der Waals surface area contributed by atoms with Gasteiger partial charge in [0, 0.05) is 50.6 Å². The molecule has 39 heavy (non-hydrogen) atoms. The van der Waals surface area contributed by atoms with E-state index in [1.807, 2.05) is 78.9 Å². The van der Waals surface area contributed by atoms with Crippen LogP contribution in [-0.2, 0) is 41.2 Å². The molecule has 0 fully saturated rings. The molecule has 1 radical (unpaired) electrons. The number of hydrogen-bond acceptors (Lipinski definition) is 5. The Morgan fingerprint density at radius 1 is 0.513 bits per heavy atom. The van der Waals surface area contributed by atoms with Crippen molar-refractivity contribution in [3.63, 3.8) is 0 Å². The Bertz CT molecular complexity index is 1420. The maximum atomic E-state index is 5.89. The van der Waals surface area contributed by atoms with Crippen LogP contribution in [0.25, 0.3) is 33.9 Å². The van der Waals surface area contributed by atoms with Crippen LogP contribution in [0.5, 0.6) is 11.5 Å². The van der Waals surface area contributed by atoms with Crippen LogP contribution in [0, 0.1) is 24.3 Å². The van der Waals surface area contributed by atoms with Gasteiger partial charge in [-0.3, -0.25) is 6.07 Å². The molecule has 0 bridgehead atoms. The number of benzene rings is 3. The summed E-state index contributed by atoms with van der Waals surface area (Å²) in [6.45, 7) is 0. The average molecular weight is 864 g/mol. The maximum absolute atomic E-state index is 5.89. The first-order chi connectivity index (χ1) is 18.3. The van der Waals surface area contributed by atoms with Crippen LogP contribution in [-0.4, -0.2) is 19.9 Å². The molecule has 0 aliphatic carbocycles. The van der Waals surface area contributed by atoms with Crippen LogP contribution >= 0.6 is 0 Å². The summed E-state index contributed by atoms with van der Waals surface area (Å²) in [4.78, 5) is 17.0. The molecule has 0 aliphatic heterocycles. The summed E-state index contributed by atoms with van der Waals surface area (Å²) in [6, 6.07) is 43.0. The van der Waals surface area contributed by atoms with Crippen molar-refractivity contribution in [1.29, 1.82) is 0 Å². The minimum Gasteiger partial charge on any atom is -0.515 e. The Hall–Kier alpha value is -3.82. The van der Waals surface area contributed by atoms with E-state index in [4.69, 9.17) is 4.74 Å². The largest absolute Gasteiger partial charge is 2.00 e. The van der Waals surface area contributed by atoms with E-state index in [0.717, 1.165) is 22.5 Å². The molecule has 0 spiro atoms. The van der Waals surface area contributed by atoms with E-state index >= 15 is 0 Å². The second kappa shape index (κ2) is 15.6. The molecule has 3 aromatic heterocycles. The van der Waals surface area contributed by atoms with Gasteiger partial charge in [-0.15, -0.1) is 59.7 Å². The predicted molar refractivity (Wildman–Crippen MR) is 142 cm³/mol. The first-order valence-corrected chi connectivity index (χ1v) is 11.6. The summed E-state index contributed by atoms with van der Waals surface area (Å²) >= 11 is 0. The van der Waals surface area contributed by atoms with Crippen LogP contribution in [0.3, 0.4) is 0 Å². The first kappa shape index (κ1) is 29.7. The van der Waals surface area contributed by atoms with Crippen LogP contribution in [0.1, 0.15) is 0 Å². The van der Waals surface area contributed by atoms with E-state index < -0.39 is 0 Å². The van der Waals surface area contributed by atoms with Gasteiger partial charge >= 0.3 is 21.1 Å². The van der Waals surface area contributed by atoms with Crippen molar-refractivity contribution in [2.24, 2.45) is 0 Å². The van der Waals surface area contributed by atoms with Crippen LogP contribution in [0.4, 0.5) is 0 Å². The molecule has 0 unspecified atom stereocenters. The van der Waals surface area contributed by atoms with Crippen molar-refractivity contribution in [2.45, 2.75) is 0 Å². The van der Waals surface area contributed by atoms with Crippen LogP contribution in [0.15, 0.2) is 122 Å². The van der Waals surface area contributed by atoms with Gasteiger partial charge in [-0.25, -0.2) is 17.7 Å². The summed E-state index contributed by atoms with van der Waals surface area (Å²) < 4.78 is 5.89. The average Bonchev–Trinajstić information content (AvgIpc) is 3.00. The second-order valence-electron chi connectivity index (χ2n) is 7.65. The normalized spacial score (nSPS) is 9.64. The topological polar surface area (TPSA) is 60.8 Å². The smallest absolute Gasteiger partial charge is 0.515 e. The molecule has 0 saturated heterocycles. The Morgan fingerprint density at radius 3 is 1.82 bits per heavy atom. The minimum atomic E-state index is 0. The molecular weight excluding hydrogens is 844 g/mol. The number of rotatable bonds is 5. The van der Waals surface area contributed by atoms with Crippen molar-refractivity contribution in [3.8, 4) is 45.4 Å². The molecule has 0 N–H and O–H groups in total. The van der Waals surface area contributed by atoms with E-state index in [1.54, 1.807) is 43.0 Å². The third kappa shape index (κ3) is 8.59. The van der Waals surface area contributed by atoms with Gasteiger partial charge in [0.2, 0.25) is 0 Å². The third-order valence-corrected chi connectivity index (χ3v) is 5.08. The molecule has 195 valence electrons. The molecule has 0 atom stereocenters. The second-order valence-corrected chi connectivity index (χ2v) is 7.65. The summed E-state index contributed by atoms with van der Waals surface area (Å²) in [7, 11) is 0. The molecule has 3 aromatic carbocycles. The fraction of sp³-hybridized carbons (Fsp3) is 0. The zero-order valence-electron chi connectivity index (χ0n) is 20.4. The first-order valence-electron chi connectivity index (χ1n) is 11.6. The SMILES string of the molecule is [Ir].[Pt+2].[c-]1ccc(Oc2[c-]c(-c3ccccn3)ccc2)[c-]c1-c1ncccn1.[c-]1ccccc1-c1ccccn1. The monoisotopic (exact) mass is 864 g/mol. The molecule has 0 amide bonds. The van der Waals surface area contributed by atoms with Gasteiger partial charge in [0.05, 0.1) is 0 Å². The van der Waals surface area contributed by atoms with Gasteiger partial charge < -0.3 is 24.7 Å². The Kier molecular flexibility index (Phi) is 11.9. The number of nitrogens with zero attached hydrogens (tertiary/aromatic N) is 4. The fourth-order valence-corrected chi connectivity index (χ4v) is 3.38. The molecule has 5 nitrogen and oxygen atoms in total. The summed E-state index contributed by atoms with van der Waals surface area (Å²) in [6.07, 6.45) is 6.91. The zero-order valence-corrected chi connectivity index (χ0v) is 25.1. The standard InChI is InChI=1S/C21H12N3O.C11H8N.Ir.Pt/c1-2-11-22-20(10-1)16-6-3-8-18(14-16)25-19-9-4-7-17(15-19)21-23-12-5-13-24-21;1-2-6-10(7-3-1)11-8-4-5-9-12-11;;/h1-6,8-13H;1-6,8-9H;;/q-3;-1;;+2.